The zero-order valence-electron chi connectivity index (χ0n) is 21.7. The van der Waals surface area contributed by atoms with Gasteiger partial charge in [0.25, 0.3) is 0 Å². The van der Waals surface area contributed by atoms with E-state index in [1.807, 2.05) is 85.8 Å². The molecule has 0 spiro atoms. The second kappa shape index (κ2) is 13.3. The number of hydrogen-bond acceptors (Lipinski definition) is 4. The van der Waals surface area contributed by atoms with Gasteiger partial charge in [-0.3, -0.25) is 4.79 Å². The summed E-state index contributed by atoms with van der Waals surface area (Å²) < 4.78 is 13.8. The van der Waals surface area contributed by atoms with Gasteiger partial charge in [-0.05, 0) is 55.2 Å². The summed E-state index contributed by atoms with van der Waals surface area (Å²) in [5.74, 6) is 2.52. The second-order valence-electron chi connectivity index (χ2n) is 8.90. The number of aromatic nitrogens is 2. The molecular weight excluding hydrogens is 462 g/mol. The first-order valence-corrected chi connectivity index (χ1v) is 12.9. The molecule has 0 bridgehead atoms. The van der Waals surface area contributed by atoms with Gasteiger partial charge in [-0.1, -0.05) is 60.7 Å². The van der Waals surface area contributed by atoms with E-state index in [9.17, 15) is 4.79 Å². The van der Waals surface area contributed by atoms with Crippen LogP contribution in [0.25, 0.3) is 17.1 Å². The maximum atomic E-state index is 12.4. The van der Waals surface area contributed by atoms with E-state index in [2.05, 4.69) is 16.0 Å². The minimum atomic E-state index is 0.0280. The first-order valence-electron chi connectivity index (χ1n) is 12.9. The van der Waals surface area contributed by atoms with Crippen molar-refractivity contribution in [1.29, 1.82) is 0 Å². The van der Waals surface area contributed by atoms with Gasteiger partial charge in [0.15, 0.2) is 11.5 Å². The van der Waals surface area contributed by atoms with Gasteiger partial charge in [0.2, 0.25) is 5.91 Å². The number of carbonyl (C=O) groups is 1. The van der Waals surface area contributed by atoms with Gasteiger partial charge in [0.05, 0.1) is 31.2 Å². The third kappa shape index (κ3) is 7.23. The Kier molecular flexibility index (Phi) is 9.35. The fourth-order valence-electron chi connectivity index (χ4n) is 4.38. The zero-order chi connectivity index (χ0) is 25.9. The molecule has 1 N–H and O–H groups in total. The minimum Gasteiger partial charge on any atom is -0.493 e. The number of amides is 1. The molecule has 1 heterocycles. The monoisotopic (exact) mass is 497 g/mol. The maximum absolute atomic E-state index is 12.4. The van der Waals surface area contributed by atoms with E-state index in [1.165, 1.54) is 0 Å². The van der Waals surface area contributed by atoms with E-state index in [0.717, 1.165) is 58.9 Å². The molecule has 6 nitrogen and oxygen atoms in total. The molecule has 3 aromatic carbocycles. The largest absolute Gasteiger partial charge is 0.493 e. The maximum Gasteiger partial charge on any atom is 0.224 e. The Bertz CT molecular complexity index is 1330. The number of allylic oxidation sites excluding steroid dienone is 1. The van der Waals surface area contributed by atoms with Gasteiger partial charge in [-0.15, -0.1) is 0 Å². The Labute approximate surface area is 218 Å². The predicted molar refractivity (Wildman–Crippen MR) is 149 cm³/mol. The van der Waals surface area contributed by atoms with Crippen molar-refractivity contribution < 1.29 is 14.3 Å². The van der Waals surface area contributed by atoms with E-state index in [-0.39, 0.29) is 5.91 Å². The van der Waals surface area contributed by atoms with E-state index in [4.69, 9.17) is 14.5 Å². The first-order chi connectivity index (χ1) is 18.2. The fraction of sp³-hybridized carbons (Fsp3) is 0.290. The molecule has 0 radical (unpaired) electrons. The Balaban J connectivity index is 1.30. The smallest absolute Gasteiger partial charge is 0.224 e. The molecule has 1 aromatic heterocycles. The quantitative estimate of drug-likeness (QED) is 0.236. The Morgan fingerprint density at radius 3 is 2.62 bits per heavy atom. The molecule has 0 atom stereocenters. The zero-order valence-corrected chi connectivity index (χ0v) is 21.7. The van der Waals surface area contributed by atoms with Gasteiger partial charge in [0, 0.05) is 19.5 Å². The molecule has 1 amide bonds. The van der Waals surface area contributed by atoms with Crippen molar-refractivity contribution in [2.45, 2.75) is 39.2 Å². The molecule has 0 unspecified atom stereocenters. The minimum absolute atomic E-state index is 0.0280. The van der Waals surface area contributed by atoms with E-state index < -0.39 is 0 Å². The highest BCUT2D eigenvalue weighted by Gasteiger charge is 2.11. The van der Waals surface area contributed by atoms with Crippen LogP contribution in [0.1, 0.15) is 36.7 Å². The Morgan fingerprint density at radius 2 is 1.81 bits per heavy atom. The normalized spacial score (nSPS) is 11.2. The van der Waals surface area contributed by atoms with E-state index >= 15 is 0 Å². The molecule has 4 rings (SSSR count). The fourth-order valence-corrected chi connectivity index (χ4v) is 4.38. The number of ether oxygens (including phenoxy) is 2. The lowest BCUT2D eigenvalue weighted by atomic mass is 10.1. The van der Waals surface area contributed by atoms with Crippen LogP contribution >= 0.6 is 0 Å². The number of aryl methyl sites for hydroxylation is 1. The molecule has 0 aliphatic rings. The van der Waals surface area contributed by atoms with Crippen LogP contribution in [0.3, 0.4) is 0 Å². The lowest BCUT2D eigenvalue weighted by Crippen LogP contribution is -2.28. The van der Waals surface area contributed by atoms with Crippen LogP contribution in [-0.4, -0.2) is 35.7 Å². The van der Waals surface area contributed by atoms with Crippen LogP contribution < -0.4 is 14.8 Å². The topological polar surface area (TPSA) is 65.4 Å². The van der Waals surface area contributed by atoms with Crippen molar-refractivity contribution in [3.63, 3.8) is 0 Å². The number of methoxy groups -OCH3 is 1. The van der Waals surface area contributed by atoms with Crippen LogP contribution in [0.2, 0.25) is 0 Å². The highest BCUT2D eigenvalue weighted by atomic mass is 16.5. The van der Waals surface area contributed by atoms with Crippen molar-refractivity contribution in [2.24, 2.45) is 0 Å². The third-order valence-corrected chi connectivity index (χ3v) is 6.19. The SMILES string of the molecule is C/C=C/c1ccc(OCCCCn2c(CCNC(=O)Cc3ccccc3)nc3ccccc32)c(OC)c1. The Morgan fingerprint density at radius 1 is 1.00 bits per heavy atom. The summed E-state index contributed by atoms with van der Waals surface area (Å²) in [6, 6.07) is 24.0. The average Bonchev–Trinajstić information content (AvgIpc) is 3.27. The number of imidazole rings is 1. The summed E-state index contributed by atoms with van der Waals surface area (Å²) in [4.78, 5) is 17.2. The molecule has 0 aliphatic heterocycles. The number of nitrogens with one attached hydrogen (secondary N) is 1. The standard InChI is InChI=1S/C31H35N3O3/c1-3-11-24-16-17-28(29(22-24)36-2)37-21-10-9-20-34-27-15-8-7-14-26(27)33-30(34)18-19-32-31(35)23-25-12-5-4-6-13-25/h3-8,11-17,22H,9-10,18-21,23H2,1-2H3,(H,32,35)/b11-3+. The van der Waals surface area contributed by atoms with Crippen molar-refractivity contribution in [1.82, 2.24) is 14.9 Å². The summed E-state index contributed by atoms with van der Waals surface area (Å²) in [6.07, 6.45) is 6.96. The lowest BCUT2D eigenvalue weighted by Gasteiger charge is -2.13. The number of hydrogen-bond donors (Lipinski definition) is 1. The summed E-state index contributed by atoms with van der Waals surface area (Å²) in [5.41, 5.74) is 4.20. The van der Waals surface area contributed by atoms with E-state index in [0.29, 0.717) is 26.0 Å². The number of benzene rings is 3. The van der Waals surface area contributed by atoms with Crippen LogP contribution in [0, 0.1) is 0 Å². The Hall–Kier alpha value is -4.06. The van der Waals surface area contributed by atoms with Gasteiger partial charge in [0.1, 0.15) is 5.82 Å². The van der Waals surface area contributed by atoms with Crippen LogP contribution in [0.15, 0.2) is 78.9 Å². The highest BCUT2D eigenvalue weighted by Crippen LogP contribution is 2.29. The summed E-state index contributed by atoms with van der Waals surface area (Å²) in [6.45, 7) is 4.00. The molecule has 0 fully saturated rings. The second-order valence-corrected chi connectivity index (χ2v) is 8.90. The molecular formula is C31H35N3O3. The number of rotatable bonds is 13. The first kappa shape index (κ1) is 26.0. The molecule has 0 aliphatic carbocycles. The highest BCUT2D eigenvalue weighted by molar-refractivity contribution is 5.78. The lowest BCUT2D eigenvalue weighted by molar-refractivity contribution is -0.120. The van der Waals surface area contributed by atoms with Crippen molar-refractivity contribution in [2.75, 3.05) is 20.3 Å². The van der Waals surface area contributed by atoms with Crippen LogP contribution in [-0.2, 0) is 24.2 Å². The number of carbonyl (C=O) groups excluding carboxylic acids is 1. The molecule has 4 aromatic rings. The summed E-state index contributed by atoms with van der Waals surface area (Å²) >= 11 is 0. The number of fused-ring (bicyclic) bond motifs is 1. The van der Waals surface area contributed by atoms with Crippen LogP contribution in [0.4, 0.5) is 0 Å². The van der Waals surface area contributed by atoms with Gasteiger partial charge in [-0.2, -0.15) is 0 Å². The number of unbranched alkanes of at least 4 members (excludes halogenated alkanes) is 1. The van der Waals surface area contributed by atoms with Gasteiger partial charge >= 0.3 is 0 Å². The van der Waals surface area contributed by atoms with Gasteiger partial charge < -0.3 is 19.4 Å². The van der Waals surface area contributed by atoms with E-state index in [1.54, 1.807) is 7.11 Å². The van der Waals surface area contributed by atoms with Crippen molar-refractivity contribution in [3.05, 3.63) is 95.8 Å². The summed E-state index contributed by atoms with van der Waals surface area (Å²) in [5, 5.41) is 3.04. The summed E-state index contributed by atoms with van der Waals surface area (Å²) in [7, 11) is 1.66. The van der Waals surface area contributed by atoms with Crippen LogP contribution in [0.5, 0.6) is 11.5 Å². The van der Waals surface area contributed by atoms with Crippen molar-refractivity contribution >= 4 is 23.0 Å². The molecule has 37 heavy (non-hydrogen) atoms. The predicted octanol–water partition coefficient (Wildman–Crippen LogP) is 5.84. The molecule has 0 saturated heterocycles. The number of nitrogens with zero attached hydrogens (tertiary/aromatic N) is 2. The third-order valence-electron chi connectivity index (χ3n) is 6.19. The van der Waals surface area contributed by atoms with Crippen molar-refractivity contribution in [3.8, 4) is 11.5 Å². The average molecular weight is 498 g/mol. The van der Waals surface area contributed by atoms with Gasteiger partial charge in [-0.25, -0.2) is 4.98 Å². The number of para-hydroxylation sites is 2. The molecule has 0 saturated carbocycles. The molecule has 192 valence electrons. The molecule has 6 heteroatoms.